The Morgan fingerprint density at radius 1 is 1.15 bits per heavy atom. The van der Waals surface area contributed by atoms with Crippen LogP contribution in [0, 0.1) is 17.7 Å². The van der Waals surface area contributed by atoms with E-state index in [0.29, 0.717) is 44.8 Å². The third-order valence-corrected chi connectivity index (χ3v) is 5.53. The first-order chi connectivity index (χ1) is 12.6. The lowest BCUT2D eigenvalue weighted by Gasteiger charge is -2.31. The standard InChI is InChI=1S/C20H28FN3O2.ClH/c21-18-4-1-15(2-5-18)14-23-20(26)17-8-11-24(12-9-17)19(25)6-3-16-7-10-22-13-16;/h1-2,4-5,16-17,22H,3,6-14H2,(H,23,26);1H. The number of halogens is 2. The fourth-order valence-electron chi connectivity index (χ4n) is 3.77. The number of rotatable bonds is 6. The molecule has 5 nitrogen and oxygen atoms in total. The van der Waals surface area contributed by atoms with Gasteiger partial charge >= 0.3 is 0 Å². The second-order valence-electron chi connectivity index (χ2n) is 7.40. The van der Waals surface area contributed by atoms with E-state index in [0.717, 1.165) is 25.1 Å². The van der Waals surface area contributed by atoms with Gasteiger partial charge in [0.05, 0.1) is 0 Å². The zero-order valence-electron chi connectivity index (χ0n) is 15.6. The Bertz CT molecular complexity index is 612. The molecule has 2 aliphatic rings. The van der Waals surface area contributed by atoms with Crippen molar-refractivity contribution in [2.24, 2.45) is 11.8 Å². The van der Waals surface area contributed by atoms with Gasteiger partial charge in [-0.25, -0.2) is 4.39 Å². The highest BCUT2D eigenvalue weighted by Gasteiger charge is 2.27. The van der Waals surface area contributed by atoms with Crippen LogP contribution in [0.2, 0.25) is 0 Å². The molecule has 2 amide bonds. The van der Waals surface area contributed by atoms with Gasteiger partial charge in [-0.3, -0.25) is 9.59 Å². The number of benzene rings is 1. The minimum Gasteiger partial charge on any atom is -0.352 e. The first kappa shape index (κ1) is 21.6. The summed E-state index contributed by atoms with van der Waals surface area (Å²) in [5, 5.41) is 6.26. The van der Waals surface area contributed by atoms with E-state index in [2.05, 4.69) is 10.6 Å². The van der Waals surface area contributed by atoms with E-state index >= 15 is 0 Å². The van der Waals surface area contributed by atoms with Gasteiger partial charge in [0.1, 0.15) is 5.82 Å². The molecule has 0 radical (unpaired) electrons. The summed E-state index contributed by atoms with van der Waals surface area (Å²) in [6, 6.07) is 6.15. The molecule has 150 valence electrons. The van der Waals surface area contributed by atoms with Crippen LogP contribution in [0.1, 0.15) is 37.7 Å². The summed E-state index contributed by atoms with van der Waals surface area (Å²) in [6.07, 6.45) is 4.18. The van der Waals surface area contributed by atoms with Crippen LogP contribution in [0.25, 0.3) is 0 Å². The Balaban J connectivity index is 0.00000261. The first-order valence-electron chi connectivity index (χ1n) is 9.62. The zero-order valence-corrected chi connectivity index (χ0v) is 16.4. The van der Waals surface area contributed by atoms with Gasteiger partial charge < -0.3 is 15.5 Å². The number of amides is 2. The molecule has 0 spiro atoms. The summed E-state index contributed by atoms with van der Waals surface area (Å²) < 4.78 is 12.9. The van der Waals surface area contributed by atoms with E-state index in [9.17, 15) is 14.0 Å². The number of carbonyl (C=O) groups is 2. The van der Waals surface area contributed by atoms with Gasteiger partial charge in [0, 0.05) is 32.0 Å². The molecule has 1 atom stereocenters. The minimum absolute atomic E-state index is 0. The molecular formula is C20H29ClFN3O2. The Morgan fingerprint density at radius 2 is 1.85 bits per heavy atom. The molecule has 0 saturated carbocycles. The number of nitrogens with zero attached hydrogens (tertiary/aromatic N) is 1. The average Bonchev–Trinajstić information content (AvgIpc) is 3.19. The largest absolute Gasteiger partial charge is 0.352 e. The van der Waals surface area contributed by atoms with E-state index < -0.39 is 0 Å². The predicted molar refractivity (Wildman–Crippen MR) is 105 cm³/mol. The molecular weight excluding hydrogens is 369 g/mol. The van der Waals surface area contributed by atoms with Crippen LogP contribution in [0.15, 0.2) is 24.3 Å². The summed E-state index contributed by atoms with van der Waals surface area (Å²) >= 11 is 0. The number of piperidine rings is 1. The topological polar surface area (TPSA) is 61.4 Å². The quantitative estimate of drug-likeness (QED) is 0.775. The van der Waals surface area contributed by atoms with Crippen molar-refractivity contribution < 1.29 is 14.0 Å². The van der Waals surface area contributed by atoms with Crippen molar-refractivity contribution in [2.75, 3.05) is 26.2 Å². The molecule has 1 unspecified atom stereocenters. The highest BCUT2D eigenvalue weighted by Crippen LogP contribution is 2.20. The van der Waals surface area contributed by atoms with Crippen LogP contribution >= 0.6 is 12.4 Å². The minimum atomic E-state index is -0.277. The van der Waals surface area contributed by atoms with Gasteiger partial charge in [-0.1, -0.05) is 12.1 Å². The van der Waals surface area contributed by atoms with E-state index in [4.69, 9.17) is 0 Å². The highest BCUT2D eigenvalue weighted by atomic mass is 35.5. The van der Waals surface area contributed by atoms with Crippen molar-refractivity contribution >= 4 is 24.2 Å². The fourth-order valence-corrected chi connectivity index (χ4v) is 3.77. The molecule has 2 aliphatic heterocycles. The number of nitrogens with one attached hydrogen (secondary N) is 2. The summed E-state index contributed by atoms with van der Waals surface area (Å²) in [7, 11) is 0. The number of hydrogen-bond acceptors (Lipinski definition) is 3. The lowest BCUT2D eigenvalue weighted by Crippen LogP contribution is -2.43. The monoisotopic (exact) mass is 397 g/mol. The summed E-state index contributed by atoms with van der Waals surface area (Å²) in [4.78, 5) is 26.6. The van der Waals surface area contributed by atoms with Gasteiger partial charge in [-0.05, 0) is 62.4 Å². The highest BCUT2D eigenvalue weighted by molar-refractivity contribution is 5.85. The molecule has 1 aromatic carbocycles. The SMILES string of the molecule is Cl.O=C(NCc1ccc(F)cc1)C1CCN(C(=O)CCC2CCNC2)CC1. The molecule has 2 saturated heterocycles. The smallest absolute Gasteiger partial charge is 0.223 e. The Kier molecular flexibility index (Phi) is 8.51. The summed E-state index contributed by atoms with van der Waals surface area (Å²) in [5.41, 5.74) is 0.883. The summed E-state index contributed by atoms with van der Waals surface area (Å²) in [6.45, 7) is 3.83. The van der Waals surface area contributed by atoms with E-state index in [1.807, 2.05) is 4.90 Å². The van der Waals surface area contributed by atoms with Crippen LogP contribution in [0.4, 0.5) is 4.39 Å². The number of carbonyl (C=O) groups excluding carboxylic acids is 2. The van der Waals surface area contributed by atoms with Gasteiger partial charge in [0.25, 0.3) is 0 Å². The Hall–Kier alpha value is -1.66. The van der Waals surface area contributed by atoms with Gasteiger partial charge in [-0.2, -0.15) is 0 Å². The van der Waals surface area contributed by atoms with Crippen molar-refractivity contribution in [3.8, 4) is 0 Å². The molecule has 2 fully saturated rings. The van der Waals surface area contributed by atoms with Crippen molar-refractivity contribution in [3.05, 3.63) is 35.6 Å². The van der Waals surface area contributed by atoms with Gasteiger partial charge in [0.2, 0.25) is 11.8 Å². The normalized spacial score (nSPS) is 20.2. The maximum Gasteiger partial charge on any atom is 0.223 e. The average molecular weight is 398 g/mol. The third kappa shape index (κ3) is 6.47. The van der Waals surface area contributed by atoms with Crippen molar-refractivity contribution in [1.82, 2.24) is 15.5 Å². The molecule has 0 aromatic heterocycles. The van der Waals surface area contributed by atoms with E-state index in [1.165, 1.54) is 18.6 Å². The van der Waals surface area contributed by atoms with Gasteiger partial charge in [-0.15, -0.1) is 12.4 Å². The van der Waals surface area contributed by atoms with Crippen LogP contribution < -0.4 is 10.6 Å². The van der Waals surface area contributed by atoms with Crippen LogP contribution in [-0.4, -0.2) is 42.9 Å². The predicted octanol–water partition coefficient (Wildman–Crippen LogP) is 2.49. The Labute approximate surface area is 166 Å². The third-order valence-electron chi connectivity index (χ3n) is 5.53. The second kappa shape index (κ2) is 10.6. The molecule has 0 aliphatic carbocycles. The molecule has 3 rings (SSSR count). The van der Waals surface area contributed by atoms with Crippen LogP contribution in [-0.2, 0) is 16.1 Å². The van der Waals surface area contributed by atoms with E-state index in [1.54, 1.807) is 12.1 Å². The fraction of sp³-hybridized carbons (Fsp3) is 0.600. The zero-order chi connectivity index (χ0) is 18.4. The van der Waals surface area contributed by atoms with Crippen molar-refractivity contribution in [1.29, 1.82) is 0 Å². The van der Waals surface area contributed by atoms with Crippen molar-refractivity contribution in [2.45, 2.75) is 38.6 Å². The maximum absolute atomic E-state index is 12.9. The summed E-state index contributed by atoms with van der Waals surface area (Å²) in [5.74, 6) is 0.564. The first-order valence-corrected chi connectivity index (χ1v) is 9.62. The lowest BCUT2D eigenvalue weighted by molar-refractivity contribution is -0.135. The molecule has 1 aromatic rings. The van der Waals surface area contributed by atoms with Gasteiger partial charge in [0.15, 0.2) is 0 Å². The molecule has 27 heavy (non-hydrogen) atoms. The maximum atomic E-state index is 12.9. The molecule has 2 N–H and O–H groups in total. The van der Waals surface area contributed by atoms with Crippen LogP contribution in [0.3, 0.4) is 0 Å². The van der Waals surface area contributed by atoms with Crippen molar-refractivity contribution in [3.63, 3.8) is 0 Å². The molecule has 2 heterocycles. The van der Waals surface area contributed by atoms with Crippen LogP contribution in [0.5, 0.6) is 0 Å². The lowest BCUT2D eigenvalue weighted by atomic mass is 9.95. The number of hydrogen-bond donors (Lipinski definition) is 2. The Morgan fingerprint density at radius 3 is 2.48 bits per heavy atom. The van der Waals surface area contributed by atoms with E-state index in [-0.39, 0.29) is 36.0 Å². The molecule has 7 heteroatoms. The number of likely N-dealkylation sites (tertiary alicyclic amines) is 1. The second-order valence-corrected chi connectivity index (χ2v) is 7.40. The molecule has 0 bridgehead atoms.